The first-order chi connectivity index (χ1) is 2.97. The standard InChI is InChI=1S/C5H7N/c1-2-4-5(3-1)6-4/h2,5-6H,1,3H2/t5-/m0/s1. The molecule has 1 atom stereocenters. The predicted octanol–water partition coefficient (Wildman–Crippen LogP) is 0.636. The Bertz CT molecular complexity index is 105. The fourth-order valence-electron chi connectivity index (χ4n) is 0.994. The van der Waals surface area contributed by atoms with Gasteiger partial charge < -0.3 is 5.32 Å². The van der Waals surface area contributed by atoms with E-state index < -0.39 is 0 Å². The molecule has 1 heteroatoms. The lowest BCUT2D eigenvalue weighted by Crippen LogP contribution is -1.85. The number of fused-ring (bicyclic) bond motifs is 1. The zero-order chi connectivity index (χ0) is 3.98. The molecule has 0 aromatic rings. The number of nitrogens with one attached hydrogen (secondary N) is 1. The highest BCUT2D eigenvalue weighted by molar-refractivity contribution is 5.29. The largest absolute Gasteiger partial charge is 0.379 e. The molecule has 0 aromatic heterocycles. The van der Waals surface area contributed by atoms with Crippen LogP contribution in [0.5, 0.6) is 0 Å². The van der Waals surface area contributed by atoms with Crippen molar-refractivity contribution in [2.75, 3.05) is 0 Å². The van der Waals surface area contributed by atoms with Crippen LogP contribution >= 0.6 is 0 Å². The highest BCUT2D eigenvalue weighted by atomic mass is 15.1. The third kappa shape index (κ3) is 0.171. The van der Waals surface area contributed by atoms with Crippen molar-refractivity contribution in [1.82, 2.24) is 5.32 Å². The molecule has 1 saturated heterocycles. The first kappa shape index (κ1) is 2.67. The smallest absolute Gasteiger partial charge is 0.0657 e. The minimum Gasteiger partial charge on any atom is -0.379 e. The number of rotatable bonds is 0. The zero-order valence-corrected chi connectivity index (χ0v) is 3.57. The zero-order valence-electron chi connectivity index (χ0n) is 3.57. The lowest BCUT2D eigenvalue weighted by molar-refractivity contribution is 0.844. The van der Waals surface area contributed by atoms with E-state index >= 15 is 0 Å². The van der Waals surface area contributed by atoms with Crippen LogP contribution in [0.2, 0.25) is 0 Å². The summed E-state index contributed by atoms with van der Waals surface area (Å²) in [6, 6.07) is 0.824. The van der Waals surface area contributed by atoms with E-state index in [0.29, 0.717) is 0 Å². The van der Waals surface area contributed by atoms with Gasteiger partial charge in [-0.25, -0.2) is 0 Å². The lowest BCUT2D eigenvalue weighted by atomic mass is 10.3. The molecule has 0 radical (unpaired) electrons. The highest BCUT2D eigenvalue weighted by Gasteiger charge is 2.30. The van der Waals surface area contributed by atoms with Gasteiger partial charge in [0.2, 0.25) is 0 Å². The summed E-state index contributed by atoms with van der Waals surface area (Å²) < 4.78 is 0. The van der Waals surface area contributed by atoms with Gasteiger partial charge in [-0.1, -0.05) is 6.08 Å². The van der Waals surface area contributed by atoms with Crippen LogP contribution in [-0.2, 0) is 0 Å². The molecule has 0 aromatic carbocycles. The summed E-state index contributed by atoms with van der Waals surface area (Å²) in [5.74, 6) is 0. The van der Waals surface area contributed by atoms with Crippen LogP contribution in [0, 0.1) is 0 Å². The third-order valence-corrected chi connectivity index (χ3v) is 1.45. The Labute approximate surface area is 37.0 Å². The van der Waals surface area contributed by atoms with Crippen LogP contribution in [0.15, 0.2) is 11.8 Å². The van der Waals surface area contributed by atoms with Crippen LogP contribution < -0.4 is 5.32 Å². The average Bonchev–Trinajstić information content (AvgIpc) is 2.17. The summed E-state index contributed by atoms with van der Waals surface area (Å²) >= 11 is 0. The highest BCUT2D eigenvalue weighted by Crippen LogP contribution is 2.27. The minimum atomic E-state index is 0.824. The molecule has 1 heterocycles. The molecule has 2 rings (SSSR count). The molecule has 1 fully saturated rings. The Morgan fingerprint density at radius 3 is 3.00 bits per heavy atom. The van der Waals surface area contributed by atoms with E-state index in [1.165, 1.54) is 18.5 Å². The summed E-state index contributed by atoms with van der Waals surface area (Å²) in [5, 5.41) is 3.23. The van der Waals surface area contributed by atoms with Crippen molar-refractivity contribution in [3.05, 3.63) is 11.8 Å². The maximum atomic E-state index is 3.23. The van der Waals surface area contributed by atoms with Gasteiger partial charge in [0.25, 0.3) is 0 Å². The number of hydrogen-bond acceptors (Lipinski definition) is 1. The lowest BCUT2D eigenvalue weighted by Gasteiger charge is -1.78. The summed E-state index contributed by atoms with van der Waals surface area (Å²) in [5.41, 5.74) is 1.50. The average molecular weight is 81.1 g/mol. The van der Waals surface area contributed by atoms with E-state index in [4.69, 9.17) is 0 Å². The molecule has 1 aliphatic carbocycles. The second kappa shape index (κ2) is 0.625. The summed E-state index contributed by atoms with van der Waals surface area (Å²) in [6.45, 7) is 0. The molecule has 1 nitrogen and oxygen atoms in total. The van der Waals surface area contributed by atoms with Gasteiger partial charge in [-0.05, 0) is 12.8 Å². The van der Waals surface area contributed by atoms with Crippen LogP contribution in [0.1, 0.15) is 12.8 Å². The van der Waals surface area contributed by atoms with Crippen LogP contribution in [0.25, 0.3) is 0 Å². The fourth-order valence-corrected chi connectivity index (χ4v) is 0.994. The van der Waals surface area contributed by atoms with Gasteiger partial charge in [0.15, 0.2) is 0 Å². The van der Waals surface area contributed by atoms with Gasteiger partial charge in [0.1, 0.15) is 0 Å². The van der Waals surface area contributed by atoms with Crippen molar-refractivity contribution in [2.24, 2.45) is 0 Å². The second-order valence-electron chi connectivity index (χ2n) is 1.93. The molecule has 0 amide bonds. The van der Waals surface area contributed by atoms with Gasteiger partial charge in [0, 0.05) is 5.70 Å². The van der Waals surface area contributed by atoms with Crippen molar-refractivity contribution in [2.45, 2.75) is 18.9 Å². The van der Waals surface area contributed by atoms with Gasteiger partial charge >= 0.3 is 0 Å². The van der Waals surface area contributed by atoms with E-state index in [0.717, 1.165) is 6.04 Å². The maximum absolute atomic E-state index is 3.23. The molecular formula is C5H7N. The van der Waals surface area contributed by atoms with Crippen molar-refractivity contribution in [3.63, 3.8) is 0 Å². The predicted molar refractivity (Wildman–Crippen MR) is 24.2 cm³/mol. The molecule has 2 aliphatic rings. The fraction of sp³-hybridized carbons (Fsp3) is 0.600. The second-order valence-corrected chi connectivity index (χ2v) is 1.93. The van der Waals surface area contributed by atoms with Gasteiger partial charge in [0.05, 0.1) is 6.04 Å². The molecule has 32 valence electrons. The monoisotopic (exact) mass is 81.1 g/mol. The van der Waals surface area contributed by atoms with Crippen LogP contribution in [-0.4, -0.2) is 6.04 Å². The summed E-state index contributed by atoms with van der Waals surface area (Å²) in [4.78, 5) is 0. The molecule has 1 N–H and O–H groups in total. The van der Waals surface area contributed by atoms with Gasteiger partial charge in [-0.3, -0.25) is 0 Å². The first-order valence-corrected chi connectivity index (χ1v) is 2.43. The van der Waals surface area contributed by atoms with E-state index in [1.54, 1.807) is 0 Å². The van der Waals surface area contributed by atoms with Gasteiger partial charge in [-0.2, -0.15) is 0 Å². The number of allylic oxidation sites excluding steroid dienone is 1. The quantitative estimate of drug-likeness (QED) is 0.424. The molecule has 0 spiro atoms. The van der Waals surface area contributed by atoms with E-state index in [2.05, 4.69) is 11.4 Å². The Morgan fingerprint density at radius 1 is 1.83 bits per heavy atom. The van der Waals surface area contributed by atoms with E-state index in [1.807, 2.05) is 0 Å². The summed E-state index contributed by atoms with van der Waals surface area (Å²) in [6.07, 6.45) is 4.95. The summed E-state index contributed by atoms with van der Waals surface area (Å²) in [7, 11) is 0. The van der Waals surface area contributed by atoms with Crippen molar-refractivity contribution >= 4 is 0 Å². The van der Waals surface area contributed by atoms with E-state index in [-0.39, 0.29) is 0 Å². The van der Waals surface area contributed by atoms with Gasteiger partial charge in [-0.15, -0.1) is 0 Å². The van der Waals surface area contributed by atoms with Crippen LogP contribution in [0.3, 0.4) is 0 Å². The van der Waals surface area contributed by atoms with Crippen molar-refractivity contribution in [1.29, 1.82) is 0 Å². The third-order valence-electron chi connectivity index (χ3n) is 1.45. The van der Waals surface area contributed by atoms with Crippen molar-refractivity contribution < 1.29 is 0 Å². The normalized spacial score (nSPS) is 37.3. The first-order valence-electron chi connectivity index (χ1n) is 2.43. The molecule has 0 bridgehead atoms. The van der Waals surface area contributed by atoms with Crippen LogP contribution in [0.4, 0.5) is 0 Å². The Balaban J connectivity index is 2.35. The molecule has 1 aliphatic heterocycles. The SMILES string of the molecule is C1=C2N[C@H]2CC1. The number of hydrogen-bond donors (Lipinski definition) is 1. The topological polar surface area (TPSA) is 21.9 Å². The molecule has 6 heavy (non-hydrogen) atoms. The van der Waals surface area contributed by atoms with E-state index in [9.17, 15) is 0 Å². The molecular weight excluding hydrogens is 74.1 g/mol. The van der Waals surface area contributed by atoms with Crippen molar-refractivity contribution in [3.8, 4) is 0 Å². The Morgan fingerprint density at radius 2 is 2.83 bits per heavy atom. The Hall–Kier alpha value is -0.460. The molecule has 0 saturated carbocycles. The Kier molecular flexibility index (Phi) is 0.278. The molecule has 0 unspecified atom stereocenters. The maximum Gasteiger partial charge on any atom is 0.0657 e. The minimum absolute atomic E-state index is 0.824.